The molecule has 2 aromatic rings. The zero-order chi connectivity index (χ0) is 17.9. The van der Waals surface area contributed by atoms with Crippen LogP contribution in [0, 0.1) is 0 Å². The van der Waals surface area contributed by atoms with Crippen LogP contribution in [0.4, 0.5) is 10.5 Å². The van der Waals surface area contributed by atoms with E-state index in [1.165, 1.54) is 24.1 Å². The van der Waals surface area contributed by atoms with Crippen molar-refractivity contribution in [3.8, 4) is 0 Å². The minimum absolute atomic E-state index is 0.0952. The van der Waals surface area contributed by atoms with Crippen LogP contribution in [0.2, 0.25) is 0 Å². The van der Waals surface area contributed by atoms with Gasteiger partial charge in [0, 0.05) is 23.2 Å². The van der Waals surface area contributed by atoms with E-state index in [0.29, 0.717) is 12.2 Å². The van der Waals surface area contributed by atoms with Gasteiger partial charge in [-0.05, 0) is 55.0 Å². The van der Waals surface area contributed by atoms with Gasteiger partial charge < -0.3 is 4.74 Å². The molecule has 0 saturated heterocycles. The first kappa shape index (κ1) is 17.9. The third kappa shape index (κ3) is 4.39. The minimum Gasteiger partial charge on any atom is -0.453 e. The van der Waals surface area contributed by atoms with Crippen LogP contribution < -0.4 is 5.32 Å². The minimum atomic E-state index is -3.55. The van der Waals surface area contributed by atoms with Crippen LogP contribution in [0.25, 0.3) is 0 Å². The molecule has 6 nitrogen and oxygen atoms in total. The van der Waals surface area contributed by atoms with Crippen LogP contribution in [-0.4, -0.2) is 38.5 Å². The molecule has 25 heavy (non-hydrogen) atoms. The Labute approximate surface area is 151 Å². The number of carbonyl (C=O) groups excluding carboxylic acids is 1. The maximum Gasteiger partial charge on any atom is 0.411 e. The number of carbonyl (C=O) groups is 1. The topological polar surface area (TPSA) is 75.7 Å². The standard InChI is InChI=1S/C17H20N2O4S2/c1-23-17(20)18-13-4-8-16(9-5-13)25(21,22)19(14-6-7-14)11-10-15-3-2-12-24-15/h2-5,8-9,12,14H,6-7,10-11H2,1H3,(H,18,20). The number of hydrogen-bond acceptors (Lipinski definition) is 5. The highest BCUT2D eigenvalue weighted by molar-refractivity contribution is 7.89. The third-order valence-corrected chi connectivity index (χ3v) is 6.91. The number of methoxy groups -OCH3 is 1. The van der Waals surface area contributed by atoms with Gasteiger partial charge in [-0.3, -0.25) is 5.32 Å². The number of sulfonamides is 1. The molecule has 0 atom stereocenters. The Morgan fingerprint density at radius 3 is 2.56 bits per heavy atom. The van der Waals surface area contributed by atoms with E-state index in [2.05, 4.69) is 10.1 Å². The lowest BCUT2D eigenvalue weighted by atomic mass is 10.3. The SMILES string of the molecule is COC(=O)Nc1ccc(S(=O)(=O)N(CCc2cccs2)C2CC2)cc1. The molecule has 0 unspecified atom stereocenters. The smallest absolute Gasteiger partial charge is 0.411 e. The van der Waals surface area contributed by atoms with Crippen molar-refractivity contribution in [3.63, 3.8) is 0 Å². The molecule has 1 saturated carbocycles. The van der Waals surface area contributed by atoms with E-state index in [-0.39, 0.29) is 10.9 Å². The monoisotopic (exact) mass is 380 g/mol. The number of ether oxygens (including phenoxy) is 1. The van der Waals surface area contributed by atoms with Gasteiger partial charge in [0.05, 0.1) is 12.0 Å². The van der Waals surface area contributed by atoms with E-state index in [0.717, 1.165) is 19.3 Å². The van der Waals surface area contributed by atoms with E-state index >= 15 is 0 Å². The lowest BCUT2D eigenvalue weighted by Gasteiger charge is -2.21. The van der Waals surface area contributed by atoms with Gasteiger partial charge in [0.25, 0.3) is 0 Å². The summed E-state index contributed by atoms with van der Waals surface area (Å²) in [7, 11) is -2.27. The first-order chi connectivity index (χ1) is 12.0. The number of benzene rings is 1. The fourth-order valence-electron chi connectivity index (χ4n) is 2.55. The van der Waals surface area contributed by atoms with Crippen molar-refractivity contribution in [2.45, 2.75) is 30.2 Å². The molecule has 1 N–H and O–H groups in total. The first-order valence-corrected chi connectivity index (χ1v) is 10.3. The van der Waals surface area contributed by atoms with Crippen LogP contribution >= 0.6 is 11.3 Å². The van der Waals surface area contributed by atoms with Gasteiger partial charge in [0.2, 0.25) is 10.0 Å². The summed E-state index contributed by atoms with van der Waals surface area (Å²) in [6, 6.07) is 10.3. The summed E-state index contributed by atoms with van der Waals surface area (Å²) in [6.45, 7) is 0.482. The van der Waals surface area contributed by atoms with E-state index in [9.17, 15) is 13.2 Å². The summed E-state index contributed by atoms with van der Waals surface area (Å²) in [5.74, 6) is 0. The predicted molar refractivity (Wildman–Crippen MR) is 97.4 cm³/mol. The number of thiophene rings is 1. The lowest BCUT2D eigenvalue weighted by molar-refractivity contribution is 0.187. The van der Waals surface area contributed by atoms with Gasteiger partial charge in [0.15, 0.2) is 0 Å². The molecule has 134 valence electrons. The summed E-state index contributed by atoms with van der Waals surface area (Å²) in [5, 5.41) is 4.51. The van der Waals surface area contributed by atoms with Crippen LogP contribution in [0.5, 0.6) is 0 Å². The van der Waals surface area contributed by atoms with E-state index in [1.54, 1.807) is 27.8 Å². The van der Waals surface area contributed by atoms with Crippen molar-refractivity contribution in [3.05, 3.63) is 46.7 Å². The predicted octanol–water partition coefficient (Wildman–Crippen LogP) is 3.32. The van der Waals surface area contributed by atoms with E-state index < -0.39 is 16.1 Å². The molecule has 1 amide bonds. The molecular weight excluding hydrogens is 360 g/mol. The van der Waals surface area contributed by atoms with Crippen molar-refractivity contribution in [2.75, 3.05) is 19.0 Å². The summed E-state index contributed by atoms with van der Waals surface area (Å²) >= 11 is 1.64. The van der Waals surface area contributed by atoms with Gasteiger partial charge in [-0.15, -0.1) is 11.3 Å². The Morgan fingerprint density at radius 2 is 2.00 bits per heavy atom. The molecule has 3 rings (SSSR count). The number of nitrogens with one attached hydrogen (secondary N) is 1. The first-order valence-electron chi connectivity index (χ1n) is 8.00. The zero-order valence-electron chi connectivity index (χ0n) is 13.8. The van der Waals surface area contributed by atoms with Crippen LogP contribution in [0.15, 0.2) is 46.7 Å². The van der Waals surface area contributed by atoms with Gasteiger partial charge in [0.1, 0.15) is 0 Å². The fourth-order valence-corrected chi connectivity index (χ4v) is 4.94. The quantitative estimate of drug-likeness (QED) is 0.799. The Balaban J connectivity index is 1.74. The Kier molecular flexibility index (Phi) is 5.41. The Hall–Kier alpha value is -1.90. The molecule has 1 aliphatic carbocycles. The largest absolute Gasteiger partial charge is 0.453 e. The maximum absolute atomic E-state index is 13.0. The second-order valence-corrected chi connectivity index (χ2v) is 8.74. The lowest BCUT2D eigenvalue weighted by Crippen LogP contribution is -2.34. The highest BCUT2D eigenvalue weighted by Crippen LogP contribution is 2.32. The molecule has 0 radical (unpaired) electrons. The van der Waals surface area contributed by atoms with Crippen LogP contribution in [0.3, 0.4) is 0 Å². The molecule has 1 aromatic carbocycles. The Morgan fingerprint density at radius 1 is 1.28 bits per heavy atom. The summed E-state index contributed by atoms with van der Waals surface area (Å²) in [6.07, 6.45) is 1.94. The van der Waals surface area contributed by atoms with Gasteiger partial charge in [-0.2, -0.15) is 4.31 Å². The molecular formula is C17H20N2O4S2. The van der Waals surface area contributed by atoms with E-state index in [1.807, 2.05) is 17.5 Å². The van der Waals surface area contributed by atoms with Gasteiger partial charge >= 0.3 is 6.09 Å². The highest BCUT2D eigenvalue weighted by atomic mass is 32.2. The molecule has 0 aliphatic heterocycles. The fraction of sp³-hybridized carbons (Fsp3) is 0.353. The average molecular weight is 380 g/mol. The van der Waals surface area contributed by atoms with Gasteiger partial charge in [-0.1, -0.05) is 6.07 Å². The van der Waals surface area contributed by atoms with Crippen molar-refractivity contribution in [2.24, 2.45) is 0 Å². The van der Waals surface area contributed by atoms with Crippen molar-refractivity contribution < 1.29 is 17.9 Å². The molecule has 8 heteroatoms. The molecule has 0 bridgehead atoms. The average Bonchev–Trinajstić information content (AvgIpc) is 3.29. The molecule has 0 spiro atoms. The number of nitrogens with zero attached hydrogens (tertiary/aromatic N) is 1. The molecule has 1 heterocycles. The maximum atomic E-state index is 13.0. The van der Waals surface area contributed by atoms with Crippen molar-refractivity contribution in [1.29, 1.82) is 0 Å². The molecule has 1 aliphatic rings. The third-order valence-electron chi connectivity index (χ3n) is 4.01. The van der Waals surface area contributed by atoms with Crippen molar-refractivity contribution >= 4 is 33.1 Å². The van der Waals surface area contributed by atoms with Gasteiger partial charge in [-0.25, -0.2) is 13.2 Å². The normalized spacial score (nSPS) is 14.5. The number of rotatable bonds is 7. The van der Waals surface area contributed by atoms with Crippen LogP contribution in [-0.2, 0) is 21.2 Å². The number of amides is 1. The van der Waals surface area contributed by atoms with Crippen molar-refractivity contribution in [1.82, 2.24) is 4.31 Å². The zero-order valence-corrected chi connectivity index (χ0v) is 15.5. The molecule has 1 aromatic heterocycles. The summed E-state index contributed by atoms with van der Waals surface area (Å²) in [4.78, 5) is 12.6. The van der Waals surface area contributed by atoms with Crippen LogP contribution in [0.1, 0.15) is 17.7 Å². The van der Waals surface area contributed by atoms with E-state index in [4.69, 9.17) is 0 Å². The second-order valence-electron chi connectivity index (χ2n) is 5.82. The number of hydrogen-bond donors (Lipinski definition) is 1. The summed E-state index contributed by atoms with van der Waals surface area (Å²) in [5.41, 5.74) is 0.488. The Bertz CT molecular complexity index is 813. The molecule has 1 fully saturated rings. The highest BCUT2D eigenvalue weighted by Gasteiger charge is 2.37. The second kappa shape index (κ2) is 7.55. The summed E-state index contributed by atoms with van der Waals surface area (Å²) < 4.78 is 32.1. The number of anilines is 1.